The summed E-state index contributed by atoms with van der Waals surface area (Å²) < 4.78 is 0. The molecule has 1 aliphatic rings. The zero-order chi connectivity index (χ0) is 13.5. The van der Waals surface area contributed by atoms with Gasteiger partial charge in [-0.05, 0) is 49.5 Å². The normalized spacial score (nSPS) is 17.9. The molecule has 1 heterocycles. The van der Waals surface area contributed by atoms with E-state index in [9.17, 15) is 4.79 Å². The van der Waals surface area contributed by atoms with E-state index in [-0.39, 0.29) is 5.91 Å². The third-order valence-electron chi connectivity index (χ3n) is 3.51. The van der Waals surface area contributed by atoms with Crippen LogP contribution in [0.1, 0.15) is 30.4 Å². The van der Waals surface area contributed by atoms with E-state index in [1.54, 1.807) is 12.1 Å². The highest BCUT2D eigenvalue weighted by Crippen LogP contribution is 2.14. The van der Waals surface area contributed by atoms with E-state index in [4.69, 9.17) is 5.26 Å². The molecule has 4 heteroatoms. The van der Waals surface area contributed by atoms with Crippen LogP contribution >= 0.6 is 0 Å². The molecule has 1 aromatic carbocycles. The molecule has 100 valence electrons. The molecular formula is C15H19N3O. The number of hydrogen-bond donors (Lipinski definition) is 2. The van der Waals surface area contributed by atoms with Crippen molar-refractivity contribution in [3.8, 4) is 6.07 Å². The third kappa shape index (κ3) is 4.38. The van der Waals surface area contributed by atoms with Crippen molar-refractivity contribution in [1.82, 2.24) is 10.6 Å². The lowest BCUT2D eigenvalue weighted by Gasteiger charge is -2.08. The molecule has 0 aromatic heterocycles. The number of nitrogens with zero attached hydrogens (tertiary/aromatic N) is 1. The summed E-state index contributed by atoms with van der Waals surface area (Å²) in [4.78, 5) is 11.7. The predicted octanol–water partition coefficient (Wildman–Crippen LogP) is 1.56. The highest BCUT2D eigenvalue weighted by molar-refractivity contribution is 5.75. The van der Waals surface area contributed by atoms with Crippen LogP contribution in [0.15, 0.2) is 24.3 Å². The quantitative estimate of drug-likeness (QED) is 0.841. The van der Waals surface area contributed by atoms with Gasteiger partial charge in [0, 0.05) is 13.0 Å². The van der Waals surface area contributed by atoms with Crippen molar-refractivity contribution in [3.05, 3.63) is 35.4 Å². The van der Waals surface area contributed by atoms with Crippen LogP contribution in [-0.4, -0.2) is 19.0 Å². The van der Waals surface area contributed by atoms with E-state index >= 15 is 0 Å². The average molecular weight is 257 g/mol. The molecule has 1 unspecified atom stereocenters. The van der Waals surface area contributed by atoms with Crippen LogP contribution in [0.2, 0.25) is 0 Å². The van der Waals surface area contributed by atoms with Gasteiger partial charge in [0.15, 0.2) is 0 Å². The Hall–Kier alpha value is -1.86. The van der Waals surface area contributed by atoms with Gasteiger partial charge in [0.1, 0.15) is 0 Å². The number of benzene rings is 1. The highest BCUT2D eigenvalue weighted by atomic mass is 16.1. The van der Waals surface area contributed by atoms with Gasteiger partial charge in [-0.15, -0.1) is 0 Å². The van der Waals surface area contributed by atoms with Gasteiger partial charge in [-0.2, -0.15) is 5.26 Å². The zero-order valence-electron chi connectivity index (χ0n) is 11.0. The van der Waals surface area contributed by atoms with Crippen molar-refractivity contribution in [2.75, 3.05) is 13.1 Å². The SMILES string of the molecule is N#Cc1ccc(CNC(=O)CCC2CCNC2)cc1. The van der Waals surface area contributed by atoms with Gasteiger partial charge in [0.05, 0.1) is 11.6 Å². The van der Waals surface area contributed by atoms with E-state index in [1.165, 1.54) is 6.42 Å². The molecule has 19 heavy (non-hydrogen) atoms. The summed E-state index contributed by atoms with van der Waals surface area (Å²) in [6.07, 6.45) is 2.75. The summed E-state index contributed by atoms with van der Waals surface area (Å²) >= 11 is 0. The highest BCUT2D eigenvalue weighted by Gasteiger charge is 2.15. The van der Waals surface area contributed by atoms with E-state index in [0.29, 0.717) is 24.4 Å². The first-order chi connectivity index (χ1) is 9.28. The van der Waals surface area contributed by atoms with E-state index in [0.717, 1.165) is 25.1 Å². The van der Waals surface area contributed by atoms with E-state index in [1.807, 2.05) is 12.1 Å². The van der Waals surface area contributed by atoms with Gasteiger partial charge in [-0.3, -0.25) is 4.79 Å². The fourth-order valence-electron chi connectivity index (χ4n) is 2.28. The molecule has 0 radical (unpaired) electrons. The molecule has 0 saturated carbocycles. The van der Waals surface area contributed by atoms with Crippen LogP contribution in [-0.2, 0) is 11.3 Å². The van der Waals surface area contributed by atoms with Crippen LogP contribution in [0.5, 0.6) is 0 Å². The summed E-state index contributed by atoms with van der Waals surface area (Å²) in [6, 6.07) is 9.37. The van der Waals surface area contributed by atoms with Crippen molar-refractivity contribution in [2.24, 2.45) is 5.92 Å². The second-order valence-corrected chi connectivity index (χ2v) is 4.98. The van der Waals surface area contributed by atoms with Crippen LogP contribution in [0, 0.1) is 17.2 Å². The summed E-state index contributed by atoms with van der Waals surface area (Å²) in [6.45, 7) is 2.66. The number of hydrogen-bond acceptors (Lipinski definition) is 3. The van der Waals surface area contributed by atoms with Crippen molar-refractivity contribution < 1.29 is 4.79 Å². The molecule has 2 rings (SSSR count). The topological polar surface area (TPSA) is 64.9 Å². The standard InChI is InChI=1S/C15H19N3O/c16-9-12-1-3-13(4-2-12)11-18-15(19)6-5-14-7-8-17-10-14/h1-4,14,17H,5-8,10-11H2,(H,18,19). The Kier molecular flexibility index (Phi) is 4.93. The van der Waals surface area contributed by atoms with Crippen molar-refractivity contribution >= 4 is 5.91 Å². The molecule has 1 fully saturated rings. The minimum atomic E-state index is 0.108. The Morgan fingerprint density at radius 1 is 1.42 bits per heavy atom. The largest absolute Gasteiger partial charge is 0.352 e. The zero-order valence-corrected chi connectivity index (χ0v) is 11.0. The number of nitriles is 1. The maximum Gasteiger partial charge on any atom is 0.220 e. The first kappa shape index (κ1) is 13.6. The Morgan fingerprint density at radius 3 is 2.84 bits per heavy atom. The van der Waals surface area contributed by atoms with E-state index < -0.39 is 0 Å². The van der Waals surface area contributed by atoms with Gasteiger partial charge in [-0.25, -0.2) is 0 Å². The lowest BCUT2D eigenvalue weighted by molar-refractivity contribution is -0.121. The molecule has 4 nitrogen and oxygen atoms in total. The summed E-state index contributed by atoms with van der Waals surface area (Å²) in [5, 5.41) is 14.9. The Balaban J connectivity index is 1.69. The maximum absolute atomic E-state index is 11.7. The second-order valence-electron chi connectivity index (χ2n) is 4.98. The molecule has 1 aromatic rings. The first-order valence-corrected chi connectivity index (χ1v) is 6.74. The molecule has 1 aliphatic heterocycles. The van der Waals surface area contributed by atoms with Crippen molar-refractivity contribution in [3.63, 3.8) is 0 Å². The third-order valence-corrected chi connectivity index (χ3v) is 3.51. The van der Waals surface area contributed by atoms with Gasteiger partial charge in [-0.1, -0.05) is 12.1 Å². The van der Waals surface area contributed by atoms with Crippen molar-refractivity contribution in [1.29, 1.82) is 5.26 Å². The fraction of sp³-hybridized carbons (Fsp3) is 0.467. The van der Waals surface area contributed by atoms with Gasteiger partial charge >= 0.3 is 0 Å². The van der Waals surface area contributed by atoms with Crippen LogP contribution in [0.3, 0.4) is 0 Å². The molecule has 1 atom stereocenters. The minimum absolute atomic E-state index is 0.108. The number of carbonyl (C=O) groups is 1. The molecule has 2 N–H and O–H groups in total. The summed E-state index contributed by atoms with van der Waals surface area (Å²) in [7, 11) is 0. The Labute approximate surface area is 113 Å². The number of rotatable bonds is 5. The second kappa shape index (κ2) is 6.91. The maximum atomic E-state index is 11.7. The van der Waals surface area contributed by atoms with Crippen LogP contribution < -0.4 is 10.6 Å². The number of carbonyl (C=O) groups excluding carboxylic acids is 1. The summed E-state index contributed by atoms with van der Waals surface area (Å²) in [5.41, 5.74) is 1.67. The Morgan fingerprint density at radius 2 is 2.21 bits per heavy atom. The summed E-state index contributed by atoms with van der Waals surface area (Å²) in [5.74, 6) is 0.761. The van der Waals surface area contributed by atoms with Gasteiger partial charge < -0.3 is 10.6 Å². The molecule has 0 bridgehead atoms. The smallest absolute Gasteiger partial charge is 0.220 e. The predicted molar refractivity (Wildman–Crippen MR) is 73.2 cm³/mol. The molecule has 1 amide bonds. The van der Waals surface area contributed by atoms with Gasteiger partial charge in [0.2, 0.25) is 5.91 Å². The lowest BCUT2D eigenvalue weighted by Crippen LogP contribution is -2.23. The van der Waals surface area contributed by atoms with Crippen LogP contribution in [0.25, 0.3) is 0 Å². The molecular weight excluding hydrogens is 238 g/mol. The van der Waals surface area contributed by atoms with Crippen LogP contribution in [0.4, 0.5) is 0 Å². The minimum Gasteiger partial charge on any atom is -0.352 e. The van der Waals surface area contributed by atoms with Gasteiger partial charge in [0.25, 0.3) is 0 Å². The van der Waals surface area contributed by atoms with E-state index in [2.05, 4.69) is 16.7 Å². The molecule has 0 aliphatic carbocycles. The molecule has 0 spiro atoms. The Bertz CT molecular complexity index is 455. The fourth-order valence-corrected chi connectivity index (χ4v) is 2.28. The lowest BCUT2D eigenvalue weighted by atomic mass is 10.0. The first-order valence-electron chi connectivity index (χ1n) is 6.74. The number of nitrogens with one attached hydrogen (secondary N) is 2. The molecule has 1 saturated heterocycles. The number of amides is 1. The monoisotopic (exact) mass is 257 g/mol. The average Bonchev–Trinajstić information content (AvgIpc) is 2.96. The van der Waals surface area contributed by atoms with Crippen molar-refractivity contribution in [2.45, 2.75) is 25.8 Å².